The van der Waals surface area contributed by atoms with E-state index in [1.165, 1.54) is 0 Å². The van der Waals surface area contributed by atoms with Crippen LogP contribution in [0.3, 0.4) is 0 Å². The fourth-order valence-electron chi connectivity index (χ4n) is 4.14. The van der Waals surface area contributed by atoms with E-state index in [0.717, 1.165) is 0 Å². The van der Waals surface area contributed by atoms with Crippen LogP contribution in [0.25, 0.3) is 11.2 Å². The molecule has 4 heterocycles. The molecule has 2 fully saturated rings. The molecule has 9 nitrogen and oxygen atoms in total. The number of fused-ring (bicyclic) bond motifs is 1. The zero-order valence-electron chi connectivity index (χ0n) is 16.4. The van der Waals surface area contributed by atoms with E-state index in [1.807, 2.05) is 17.9 Å². The number of piperidine rings is 1. The minimum Gasteiger partial charge on any atom is -0.352 e. The summed E-state index contributed by atoms with van der Waals surface area (Å²) < 4.78 is 24.8. The van der Waals surface area contributed by atoms with Crippen molar-refractivity contribution in [3.05, 3.63) is 28.7 Å². The molecule has 1 atom stereocenters. The molecular formula is C19H25N5O4S. The molecule has 1 amide bonds. The normalized spacial score (nSPS) is 22.1. The summed E-state index contributed by atoms with van der Waals surface area (Å²) in [5.41, 5.74) is 1.08. The number of pyridine rings is 1. The topological polar surface area (TPSA) is 114 Å². The van der Waals surface area contributed by atoms with Gasteiger partial charge in [0, 0.05) is 37.8 Å². The van der Waals surface area contributed by atoms with E-state index in [1.54, 1.807) is 16.8 Å². The summed E-state index contributed by atoms with van der Waals surface area (Å²) in [6.07, 6.45) is 3.33. The maximum absolute atomic E-state index is 12.9. The van der Waals surface area contributed by atoms with Crippen LogP contribution in [0.4, 0.5) is 5.82 Å². The number of hydrogen-bond donors (Lipinski definition) is 1. The minimum absolute atomic E-state index is 0.0309. The van der Waals surface area contributed by atoms with Gasteiger partial charge in [-0.2, -0.15) is 0 Å². The summed E-state index contributed by atoms with van der Waals surface area (Å²) in [7, 11) is -3.02. The van der Waals surface area contributed by atoms with Gasteiger partial charge in [0.2, 0.25) is 5.91 Å². The van der Waals surface area contributed by atoms with Gasteiger partial charge in [-0.15, -0.1) is 0 Å². The van der Waals surface area contributed by atoms with Gasteiger partial charge in [0.1, 0.15) is 5.52 Å². The highest BCUT2D eigenvalue weighted by Crippen LogP contribution is 2.22. The highest BCUT2D eigenvalue weighted by atomic mass is 32.2. The van der Waals surface area contributed by atoms with Crippen LogP contribution in [0.2, 0.25) is 0 Å². The number of amides is 1. The van der Waals surface area contributed by atoms with Gasteiger partial charge in [0.25, 0.3) is 5.56 Å². The largest absolute Gasteiger partial charge is 0.352 e. The maximum Gasteiger partial charge on any atom is 0.295 e. The van der Waals surface area contributed by atoms with Crippen molar-refractivity contribution in [2.24, 2.45) is 5.92 Å². The van der Waals surface area contributed by atoms with E-state index < -0.39 is 9.84 Å². The summed E-state index contributed by atoms with van der Waals surface area (Å²) in [6.45, 7) is 3.52. The summed E-state index contributed by atoms with van der Waals surface area (Å²) >= 11 is 0. The van der Waals surface area contributed by atoms with E-state index in [9.17, 15) is 18.0 Å². The van der Waals surface area contributed by atoms with Gasteiger partial charge in [0.15, 0.2) is 21.3 Å². The lowest BCUT2D eigenvalue weighted by molar-refractivity contribution is -0.126. The predicted molar refractivity (Wildman–Crippen MR) is 110 cm³/mol. The predicted octanol–water partition coefficient (Wildman–Crippen LogP) is 0.331. The van der Waals surface area contributed by atoms with E-state index in [-0.39, 0.29) is 34.9 Å². The number of hydrogen-bond acceptors (Lipinski definition) is 7. The van der Waals surface area contributed by atoms with E-state index in [0.29, 0.717) is 55.9 Å². The molecule has 0 spiro atoms. The Kier molecular flexibility index (Phi) is 5.28. The van der Waals surface area contributed by atoms with Crippen LogP contribution in [0.15, 0.2) is 23.1 Å². The molecule has 1 N–H and O–H groups in total. The zero-order chi connectivity index (χ0) is 20.6. The number of rotatable bonds is 4. The fourth-order valence-corrected chi connectivity index (χ4v) is 5.82. The van der Waals surface area contributed by atoms with Crippen LogP contribution >= 0.6 is 0 Å². The van der Waals surface area contributed by atoms with Gasteiger partial charge >= 0.3 is 0 Å². The first kappa shape index (κ1) is 19.8. The molecular weight excluding hydrogens is 394 g/mol. The fraction of sp³-hybridized carbons (Fsp3) is 0.579. The van der Waals surface area contributed by atoms with Crippen molar-refractivity contribution in [2.75, 3.05) is 29.5 Å². The van der Waals surface area contributed by atoms with E-state index >= 15 is 0 Å². The van der Waals surface area contributed by atoms with Crippen molar-refractivity contribution >= 4 is 32.7 Å². The van der Waals surface area contributed by atoms with E-state index in [4.69, 9.17) is 0 Å². The average molecular weight is 420 g/mol. The third kappa shape index (κ3) is 3.98. The van der Waals surface area contributed by atoms with Crippen molar-refractivity contribution in [1.82, 2.24) is 19.9 Å². The van der Waals surface area contributed by atoms with Crippen molar-refractivity contribution in [2.45, 2.75) is 38.8 Å². The average Bonchev–Trinajstić information content (AvgIpc) is 3.06. The van der Waals surface area contributed by atoms with Gasteiger partial charge in [-0.25, -0.2) is 18.4 Å². The van der Waals surface area contributed by atoms with Crippen LogP contribution in [0.1, 0.15) is 26.2 Å². The van der Waals surface area contributed by atoms with Crippen molar-refractivity contribution in [1.29, 1.82) is 0 Å². The summed E-state index contributed by atoms with van der Waals surface area (Å²) in [6, 6.07) is 3.35. The van der Waals surface area contributed by atoms with Crippen LogP contribution in [-0.4, -0.2) is 59.5 Å². The summed E-state index contributed by atoms with van der Waals surface area (Å²) in [5.74, 6) is 0.303. The molecule has 2 aliphatic rings. The molecule has 0 bridgehead atoms. The molecule has 156 valence electrons. The first-order valence-electron chi connectivity index (χ1n) is 9.99. The monoisotopic (exact) mass is 419 g/mol. The first-order chi connectivity index (χ1) is 13.9. The third-order valence-corrected chi connectivity index (χ3v) is 7.51. The molecule has 0 radical (unpaired) electrons. The zero-order valence-corrected chi connectivity index (χ0v) is 17.2. The Morgan fingerprint density at radius 2 is 2.03 bits per heavy atom. The van der Waals surface area contributed by atoms with Gasteiger partial charge in [-0.1, -0.05) is 0 Å². The van der Waals surface area contributed by atoms with Crippen LogP contribution < -0.4 is 15.8 Å². The molecule has 0 aliphatic carbocycles. The number of carbonyl (C=O) groups excluding carboxylic acids is 1. The number of carbonyl (C=O) groups is 1. The lowest BCUT2D eigenvalue weighted by atomic mass is 9.95. The standard InChI is InChI=1S/C19H25N5O4S/c1-2-24-16-15(4-3-8-20-16)22-17(19(24)26)23-9-5-13(6-10-23)18(25)21-14-7-11-29(27,28)12-14/h3-4,8,13-14H,2,5-7,9-12H2,1H3,(H,21,25). The molecule has 2 aromatic heterocycles. The second kappa shape index (κ2) is 7.74. The smallest absolute Gasteiger partial charge is 0.295 e. The number of sulfone groups is 1. The summed E-state index contributed by atoms with van der Waals surface area (Å²) in [5, 5.41) is 2.89. The number of nitrogens with one attached hydrogen (secondary N) is 1. The highest BCUT2D eigenvalue weighted by molar-refractivity contribution is 7.91. The lowest BCUT2D eigenvalue weighted by Crippen LogP contribution is -2.45. The van der Waals surface area contributed by atoms with E-state index in [2.05, 4.69) is 15.3 Å². The van der Waals surface area contributed by atoms with Gasteiger partial charge < -0.3 is 10.2 Å². The van der Waals surface area contributed by atoms with Crippen LogP contribution in [0, 0.1) is 5.92 Å². The first-order valence-corrected chi connectivity index (χ1v) is 11.8. The van der Waals surface area contributed by atoms with Gasteiger partial charge in [-0.3, -0.25) is 14.2 Å². The Balaban J connectivity index is 1.45. The second-order valence-electron chi connectivity index (χ2n) is 7.70. The molecule has 10 heteroatoms. The quantitative estimate of drug-likeness (QED) is 0.760. The molecule has 2 aliphatic heterocycles. The van der Waals surface area contributed by atoms with Crippen molar-refractivity contribution in [3.8, 4) is 0 Å². The number of aryl methyl sites for hydroxylation is 1. The Hall–Kier alpha value is -2.49. The lowest BCUT2D eigenvalue weighted by Gasteiger charge is -2.32. The summed E-state index contributed by atoms with van der Waals surface area (Å²) in [4.78, 5) is 36.2. The molecule has 29 heavy (non-hydrogen) atoms. The third-order valence-electron chi connectivity index (χ3n) is 5.74. The SMILES string of the molecule is CCn1c(=O)c(N2CCC(C(=O)NC3CCS(=O)(=O)C3)CC2)nc2cccnc21. The molecule has 0 saturated carbocycles. The van der Waals surface area contributed by atoms with Crippen LogP contribution in [0.5, 0.6) is 0 Å². The molecule has 2 saturated heterocycles. The maximum atomic E-state index is 12.9. The molecule has 1 unspecified atom stereocenters. The molecule has 0 aromatic carbocycles. The number of nitrogens with zero attached hydrogens (tertiary/aromatic N) is 4. The Morgan fingerprint density at radius 3 is 2.69 bits per heavy atom. The van der Waals surface area contributed by atoms with Crippen molar-refractivity contribution in [3.63, 3.8) is 0 Å². The van der Waals surface area contributed by atoms with Crippen molar-refractivity contribution < 1.29 is 13.2 Å². The Bertz CT molecular complexity index is 1090. The number of anilines is 1. The molecule has 4 rings (SSSR count). The number of aromatic nitrogens is 3. The molecule has 2 aromatic rings. The highest BCUT2D eigenvalue weighted by Gasteiger charge is 2.32. The minimum atomic E-state index is -3.02. The van der Waals surface area contributed by atoms with Crippen LogP contribution in [-0.2, 0) is 21.2 Å². The second-order valence-corrected chi connectivity index (χ2v) is 9.93. The van der Waals surface area contributed by atoms with Gasteiger partial charge in [-0.05, 0) is 38.3 Å². The van der Waals surface area contributed by atoms with Gasteiger partial charge in [0.05, 0.1) is 11.5 Å². The Morgan fingerprint density at radius 1 is 1.28 bits per heavy atom. The Labute approximate surface area is 169 Å².